The van der Waals surface area contributed by atoms with Gasteiger partial charge in [-0.3, -0.25) is 20.2 Å². The van der Waals surface area contributed by atoms with Gasteiger partial charge in [-0.05, 0) is 11.1 Å². The van der Waals surface area contributed by atoms with Crippen molar-refractivity contribution >= 4 is 11.9 Å². The number of nitrogens with one attached hydrogen (secondary N) is 2. The number of benzene rings is 2. The molecule has 0 aliphatic heterocycles. The molecule has 0 aliphatic rings. The lowest BCUT2D eigenvalue weighted by molar-refractivity contribution is -0.141. The Balaban J connectivity index is 1.90. The maximum absolute atomic E-state index is 11.4. The average molecular weight is 328 g/mol. The molecule has 2 unspecified atom stereocenters. The highest BCUT2D eigenvalue weighted by Crippen LogP contribution is 2.13. The molecular weight excluding hydrogens is 308 g/mol. The van der Waals surface area contributed by atoms with Crippen LogP contribution in [0.5, 0.6) is 0 Å². The number of carboxylic acid groups (broad SMARTS) is 2. The second kappa shape index (κ2) is 8.81. The van der Waals surface area contributed by atoms with Gasteiger partial charge in [-0.15, -0.1) is 0 Å². The quantitative estimate of drug-likeness (QED) is 0.524. The number of hydrogen-bond donors (Lipinski definition) is 4. The van der Waals surface area contributed by atoms with Crippen LogP contribution in [0, 0.1) is 0 Å². The Kier molecular flexibility index (Phi) is 6.48. The third-order valence-electron chi connectivity index (χ3n) is 3.58. The van der Waals surface area contributed by atoms with E-state index in [0.717, 1.165) is 0 Å². The number of aliphatic carboxylic acids is 2. The van der Waals surface area contributed by atoms with Gasteiger partial charge in [0.25, 0.3) is 0 Å². The molecule has 2 aromatic carbocycles. The molecule has 2 atom stereocenters. The third-order valence-corrected chi connectivity index (χ3v) is 3.58. The molecule has 0 saturated carbocycles. The summed E-state index contributed by atoms with van der Waals surface area (Å²) in [6, 6.07) is 16.1. The molecule has 0 amide bonds. The Morgan fingerprint density at radius 1 is 0.708 bits per heavy atom. The van der Waals surface area contributed by atoms with Crippen LogP contribution in [0.2, 0.25) is 0 Å². The number of carboxylic acids is 2. The summed E-state index contributed by atoms with van der Waals surface area (Å²) < 4.78 is 0. The fourth-order valence-electron chi connectivity index (χ4n) is 2.42. The van der Waals surface area contributed by atoms with Crippen LogP contribution in [0.3, 0.4) is 0 Å². The zero-order chi connectivity index (χ0) is 17.4. The molecule has 0 saturated heterocycles. The Labute approximate surface area is 140 Å². The first kappa shape index (κ1) is 17.7. The van der Waals surface area contributed by atoms with Crippen molar-refractivity contribution in [2.45, 2.75) is 12.1 Å². The van der Waals surface area contributed by atoms with Gasteiger partial charge < -0.3 is 10.2 Å². The monoisotopic (exact) mass is 328 g/mol. The summed E-state index contributed by atoms with van der Waals surface area (Å²) in [5.41, 5.74) is 1.31. The molecule has 0 spiro atoms. The second-order valence-electron chi connectivity index (χ2n) is 5.27. The summed E-state index contributed by atoms with van der Waals surface area (Å²) in [4.78, 5) is 22.8. The smallest absolute Gasteiger partial charge is 0.325 e. The Bertz CT molecular complexity index is 602. The van der Waals surface area contributed by atoms with E-state index in [4.69, 9.17) is 0 Å². The summed E-state index contributed by atoms with van der Waals surface area (Å²) >= 11 is 0. The molecule has 4 N–H and O–H groups in total. The molecule has 0 aliphatic carbocycles. The minimum Gasteiger partial charge on any atom is -0.480 e. The van der Waals surface area contributed by atoms with Gasteiger partial charge in [-0.25, -0.2) is 0 Å². The van der Waals surface area contributed by atoms with Gasteiger partial charge in [0.15, 0.2) is 0 Å². The molecule has 0 fully saturated rings. The van der Waals surface area contributed by atoms with Crippen molar-refractivity contribution in [1.29, 1.82) is 0 Å². The third kappa shape index (κ3) is 4.91. The van der Waals surface area contributed by atoms with E-state index in [-0.39, 0.29) is 0 Å². The van der Waals surface area contributed by atoms with E-state index in [0.29, 0.717) is 24.2 Å². The van der Waals surface area contributed by atoms with Crippen LogP contribution >= 0.6 is 0 Å². The predicted molar refractivity (Wildman–Crippen MR) is 89.6 cm³/mol. The predicted octanol–water partition coefficient (Wildman–Crippen LogP) is 1.82. The van der Waals surface area contributed by atoms with Crippen molar-refractivity contribution in [3.63, 3.8) is 0 Å². The van der Waals surface area contributed by atoms with E-state index in [1.807, 2.05) is 12.1 Å². The average Bonchev–Trinajstić information content (AvgIpc) is 2.59. The van der Waals surface area contributed by atoms with Gasteiger partial charge in [0.1, 0.15) is 12.1 Å². The zero-order valence-corrected chi connectivity index (χ0v) is 13.1. The topological polar surface area (TPSA) is 98.7 Å². The molecule has 0 radical (unpaired) electrons. The molecule has 2 aromatic rings. The minimum absolute atomic E-state index is 0.322. The summed E-state index contributed by atoms with van der Waals surface area (Å²) in [5, 5.41) is 24.5. The van der Waals surface area contributed by atoms with E-state index in [2.05, 4.69) is 10.6 Å². The van der Waals surface area contributed by atoms with Crippen molar-refractivity contribution in [3.8, 4) is 0 Å². The molecular formula is C18H20N2O4. The fourth-order valence-corrected chi connectivity index (χ4v) is 2.42. The Hall–Kier alpha value is -2.70. The van der Waals surface area contributed by atoms with Crippen LogP contribution in [0.15, 0.2) is 60.7 Å². The summed E-state index contributed by atoms with van der Waals surface area (Å²) in [6.07, 6.45) is 0. The molecule has 6 heteroatoms. The molecule has 0 heterocycles. The molecule has 6 nitrogen and oxygen atoms in total. The van der Waals surface area contributed by atoms with E-state index >= 15 is 0 Å². The fraction of sp³-hybridized carbons (Fsp3) is 0.222. The van der Waals surface area contributed by atoms with Gasteiger partial charge in [0.2, 0.25) is 0 Å². The highest BCUT2D eigenvalue weighted by molar-refractivity contribution is 5.76. The van der Waals surface area contributed by atoms with Gasteiger partial charge in [0, 0.05) is 13.1 Å². The van der Waals surface area contributed by atoms with Gasteiger partial charge >= 0.3 is 11.9 Å². The first-order chi connectivity index (χ1) is 11.6. The summed E-state index contributed by atoms with van der Waals surface area (Å²) in [5.74, 6) is -1.95. The second-order valence-corrected chi connectivity index (χ2v) is 5.27. The Morgan fingerprint density at radius 3 is 1.33 bits per heavy atom. The van der Waals surface area contributed by atoms with E-state index in [9.17, 15) is 19.8 Å². The first-order valence-electron chi connectivity index (χ1n) is 7.62. The maximum Gasteiger partial charge on any atom is 0.325 e. The van der Waals surface area contributed by atoms with Crippen molar-refractivity contribution in [1.82, 2.24) is 10.6 Å². The number of rotatable bonds is 9. The van der Waals surface area contributed by atoms with Crippen LogP contribution in [0.4, 0.5) is 0 Å². The highest BCUT2D eigenvalue weighted by Gasteiger charge is 2.20. The van der Waals surface area contributed by atoms with Crippen LogP contribution < -0.4 is 10.6 Å². The lowest BCUT2D eigenvalue weighted by atomic mass is 10.1. The van der Waals surface area contributed by atoms with Crippen molar-refractivity contribution in [2.24, 2.45) is 0 Å². The van der Waals surface area contributed by atoms with Crippen molar-refractivity contribution < 1.29 is 19.8 Å². The van der Waals surface area contributed by atoms with Crippen molar-refractivity contribution in [3.05, 3.63) is 71.8 Å². The lowest BCUT2D eigenvalue weighted by Gasteiger charge is -2.18. The summed E-state index contributed by atoms with van der Waals surface area (Å²) in [7, 11) is 0. The SMILES string of the molecule is O=C(O)C(NCCNC(C(=O)O)c1ccccc1)c1ccccc1. The number of carbonyl (C=O) groups is 2. The van der Waals surface area contributed by atoms with Crippen LogP contribution in [-0.2, 0) is 9.59 Å². The molecule has 2 rings (SSSR count). The van der Waals surface area contributed by atoms with Gasteiger partial charge in [0.05, 0.1) is 0 Å². The summed E-state index contributed by atoms with van der Waals surface area (Å²) in [6.45, 7) is 0.644. The molecule has 0 aromatic heterocycles. The highest BCUT2D eigenvalue weighted by atomic mass is 16.4. The molecule has 126 valence electrons. The van der Waals surface area contributed by atoms with Crippen LogP contribution in [0.25, 0.3) is 0 Å². The van der Waals surface area contributed by atoms with Crippen LogP contribution in [0.1, 0.15) is 23.2 Å². The van der Waals surface area contributed by atoms with Crippen LogP contribution in [-0.4, -0.2) is 35.2 Å². The largest absolute Gasteiger partial charge is 0.480 e. The lowest BCUT2D eigenvalue weighted by Crippen LogP contribution is -2.37. The molecule has 0 bridgehead atoms. The Morgan fingerprint density at radius 2 is 1.04 bits per heavy atom. The standard InChI is InChI=1S/C18H20N2O4/c21-17(22)15(13-7-3-1-4-8-13)19-11-12-20-16(18(23)24)14-9-5-2-6-10-14/h1-10,15-16,19-20H,11-12H2,(H,21,22)(H,23,24). The first-order valence-corrected chi connectivity index (χ1v) is 7.62. The van der Waals surface area contributed by atoms with Gasteiger partial charge in [-0.2, -0.15) is 0 Å². The maximum atomic E-state index is 11.4. The zero-order valence-electron chi connectivity index (χ0n) is 13.1. The number of hydrogen-bond acceptors (Lipinski definition) is 4. The van der Waals surface area contributed by atoms with E-state index in [1.54, 1.807) is 48.5 Å². The van der Waals surface area contributed by atoms with Gasteiger partial charge in [-0.1, -0.05) is 60.7 Å². The van der Waals surface area contributed by atoms with Crippen molar-refractivity contribution in [2.75, 3.05) is 13.1 Å². The molecule has 24 heavy (non-hydrogen) atoms. The minimum atomic E-state index is -0.973. The normalized spacial score (nSPS) is 13.2. The van der Waals surface area contributed by atoms with E-state index < -0.39 is 24.0 Å². The van der Waals surface area contributed by atoms with E-state index in [1.165, 1.54) is 0 Å².